The highest BCUT2D eigenvalue weighted by Gasteiger charge is 2.18. The lowest BCUT2D eigenvalue weighted by Crippen LogP contribution is -2.26. The molecule has 0 aliphatic heterocycles. The molecule has 6 heteroatoms. The van der Waals surface area contributed by atoms with E-state index < -0.39 is 11.6 Å². The summed E-state index contributed by atoms with van der Waals surface area (Å²) < 4.78 is 1.32. The summed E-state index contributed by atoms with van der Waals surface area (Å²) in [6, 6.07) is 0. The lowest BCUT2D eigenvalue weighted by molar-refractivity contribution is 0.0564. The van der Waals surface area contributed by atoms with Gasteiger partial charge in [-0.2, -0.15) is 5.10 Å². The van der Waals surface area contributed by atoms with Gasteiger partial charge in [-0.25, -0.2) is 4.79 Å². The number of nitrogens with zero attached hydrogens (tertiary/aromatic N) is 2. The van der Waals surface area contributed by atoms with E-state index in [1.165, 1.54) is 10.9 Å². The van der Waals surface area contributed by atoms with E-state index in [0.717, 1.165) is 0 Å². The number of rotatable bonds is 3. The van der Waals surface area contributed by atoms with Gasteiger partial charge in [0.2, 0.25) is 0 Å². The smallest absolute Gasteiger partial charge is 0.358 e. The minimum atomic E-state index is -1.17. The van der Waals surface area contributed by atoms with Crippen molar-refractivity contribution in [1.82, 2.24) is 9.78 Å². The zero-order chi connectivity index (χ0) is 10.9. The molecule has 0 aromatic carbocycles. The van der Waals surface area contributed by atoms with Gasteiger partial charge >= 0.3 is 5.97 Å². The molecule has 0 atom stereocenters. The van der Waals surface area contributed by atoms with Crippen LogP contribution in [0.3, 0.4) is 0 Å². The van der Waals surface area contributed by atoms with Crippen molar-refractivity contribution in [2.24, 2.45) is 0 Å². The highest BCUT2D eigenvalue weighted by molar-refractivity contribution is 5.91. The first-order valence-electron chi connectivity index (χ1n) is 4.08. The zero-order valence-corrected chi connectivity index (χ0v) is 8.06. The van der Waals surface area contributed by atoms with E-state index in [-0.39, 0.29) is 17.9 Å². The van der Waals surface area contributed by atoms with Crippen LogP contribution in [0.25, 0.3) is 0 Å². The molecule has 0 radical (unpaired) electrons. The van der Waals surface area contributed by atoms with Gasteiger partial charge in [0.25, 0.3) is 0 Å². The number of hydrogen-bond donors (Lipinski definition) is 3. The maximum atomic E-state index is 10.6. The predicted octanol–water partition coefficient (Wildman–Crippen LogP) is -0.0656. The molecule has 0 amide bonds. The van der Waals surface area contributed by atoms with Crippen LogP contribution in [0.15, 0.2) is 6.20 Å². The minimum Gasteiger partial charge on any atom is -0.476 e. The van der Waals surface area contributed by atoms with Gasteiger partial charge in [-0.15, -0.1) is 0 Å². The number of nitrogens with two attached hydrogens (primary N) is 1. The number of carbonyl (C=O) groups is 1. The topological polar surface area (TPSA) is 101 Å². The molecule has 0 unspecified atom stereocenters. The van der Waals surface area contributed by atoms with Crippen LogP contribution >= 0.6 is 0 Å². The number of aromatic nitrogens is 2. The molecular weight excluding hydrogens is 186 g/mol. The van der Waals surface area contributed by atoms with E-state index in [2.05, 4.69) is 5.10 Å². The Morgan fingerprint density at radius 2 is 2.29 bits per heavy atom. The Bertz CT molecular complexity index is 351. The summed E-state index contributed by atoms with van der Waals surface area (Å²) in [5, 5.41) is 21.8. The molecule has 0 fully saturated rings. The molecule has 1 rings (SSSR count). The van der Waals surface area contributed by atoms with Gasteiger partial charge in [0.15, 0.2) is 5.69 Å². The summed E-state index contributed by atoms with van der Waals surface area (Å²) in [4.78, 5) is 10.6. The number of aromatic carboxylic acids is 1. The highest BCUT2D eigenvalue weighted by atomic mass is 16.4. The van der Waals surface area contributed by atoms with Crippen molar-refractivity contribution in [2.45, 2.75) is 26.0 Å². The van der Waals surface area contributed by atoms with Crippen LogP contribution in [0, 0.1) is 0 Å². The Labute approximate surface area is 81.0 Å². The lowest BCUT2D eigenvalue weighted by atomic mass is 10.1. The van der Waals surface area contributed by atoms with Crippen LogP contribution in [0.1, 0.15) is 24.3 Å². The average molecular weight is 199 g/mol. The summed E-state index contributed by atoms with van der Waals surface area (Å²) in [5.74, 6) is -1.17. The van der Waals surface area contributed by atoms with Crippen LogP contribution in [0.4, 0.5) is 5.69 Å². The Morgan fingerprint density at radius 1 is 1.71 bits per heavy atom. The molecule has 0 bridgehead atoms. The van der Waals surface area contributed by atoms with E-state index in [4.69, 9.17) is 10.8 Å². The zero-order valence-electron chi connectivity index (χ0n) is 8.06. The molecule has 0 aliphatic rings. The first-order valence-corrected chi connectivity index (χ1v) is 4.08. The first kappa shape index (κ1) is 10.5. The second-order valence-electron chi connectivity index (χ2n) is 3.75. The Hall–Kier alpha value is -1.56. The van der Waals surface area contributed by atoms with E-state index >= 15 is 0 Å². The molecule has 0 saturated heterocycles. The molecule has 6 nitrogen and oxygen atoms in total. The molecule has 1 aromatic rings. The highest BCUT2D eigenvalue weighted by Crippen LogP contribution is 2.12. The molecule has 0 aliphatic carbocycles. The number of hydrogen-bond acceptors (Lipinski definition) is 4. The number of anilines is 1. The minimum absolute atomic E-state index is 0.0988. The predicted molar refractivity (Wildman–Crippen MR) is 49.9 cm³/mol. The van der Waals surface area contributed by atoms with Crippen LogP contribution < -0.4 is 5.73 Å². The van der Waals surface area contributed by atoms with Gasteiger partial charge < -0.3 is 15.9 Å². The molecule has 4 N–H and O–H groups in total. The van der Waals surface area contributed by atoms with Gasteiger partial charge in [0, 0.05) is 6.20 Å². The van der Waals surface area contributed by atoms with E-state index in [0.29, 0.717) is 0 Å². The van der Waals surface area contributed by atoms with Gasteiger partial charge in [-0.05, 0) is 13.8 Å². The van der Waals surface area contributed by atoms with Crippen LogP contribution in [0.5, 0.6) is 0 Å². The second kappa shape index (κ2) is 3.30. The third-order valence-corrected chi connectivity index (χ3v) is 1.54. The molecule has 1 heterocycles. The van der Waals surface area contributed by atoms with Gasteiger partial charge in [-0.1, -0.05) is 0 Å². The molecule has 14 heavy (non-hydrogen) atoms. The van der Waals surface area contributed by atoms with Crippen molar-refractivity contribution < 1.29 is 15.0 Å². The molecule has 1 aromatic heterocycles. The summed E-state index contributed by atoms with van der Waals surface area (Å²) in [6.45, 7) is 3.40. The SMILES string of the molecule is CC(C)(O)Cn1cc(N)c(C(=O)O)n1. The van der Waals surface area contributed by atoms with Crippen molar-refractivity contribution in [3.8, 4) is 0 Å². The third-order valence-electron chi connectivity index (χ3n) is 1.54. The number of carboxylic acid groups (broad SMARTS) is 1. The number of nitrogen functional groups attached to an aromatic ring is 1. The molecule has 0 saturated carbocycles. The van der Waals surface area contributed by atoms with Crippen LogP contribution in [0.2, 0.25) is 0 Å². The number of carboxylic acids is 1. The Balaban J connectivity index is 2.92. The van der Waals surface area contributed by atoms with Crippen molar-refractivity contribution in [3.63, 3.8) is 0 Å². The maximum absolute atomic E-state index is 10.6. The second-order valence-corrected chi connectivity index (χ2v) is 3.75. The summed E-state index contributed by atoms with van der Waals surface area (Å²) in [5.41, 5.74) is 4.38. The van der Waals surface area contributed by atoms with E-state index in [9.17, 15) is 9.90 Å². The van der Waals surface area contributed by atoms with Gasteiger partial charge in [-0.3, -0.25) is 4.68 Å². The van der Waals surface area contributed by atoms with Crippen molar-refractivity contribution in [3.05, 3.63) is 11.9 Å². The standard InChI is InChI=1S/C8H13N3O3/c1-8(2,14)4-11-3-5(9)6(10-11)7(12)13/h3,14H,4,9H2,1-2H3,(H,12,13). The van der Waals surface area contributed by atoms with Crippen molar-refractivity contribution >= 4 is 11.7 Å². The Morgan fingerprint density at radius 3 is 2.64 bits per heavy atom. The molecule has 78 valence electrons. The third kappa shape index (κ3) is 2.46. The maximum Gasteiger partial charge on any atom is 0.358 e. The van der Waals surface area contributed by atoms with Gasteiger partial charge in [0.05, 0.1) is 17.8 Å². The normalized spacial score (nSPS) is 11.6. The van der Waals surface area contributed by atoms with Crippen molar-refractivity contribution in [2.75, 3.05) is 5.73 Å². The Kier molecular flexibility index (Phi) is 2.48. The summed E-state index contributed by atoms with van der Waals surface area (Å²) >= 11 is 0. The molecular formula is C8H13N3O3. The summed E-state index contributed by atoms with van der Waals surface area (Å²) in [7, 11) is 0. The van der Waals surface area contributed by atoms with E-state index in [1.807, 2.05) is 0 Å². The van der Waals surface area contributed by atoms with Crippen LogP contribution in [-0.2, 0) is 6.54 Å². The largest absolute Gasteiger partial charge is 0.476 e. The fraction of sp³-hybridized carbons (Fsp3) is 0.500. The number of aliphatic hydroxyl groups is 1. The lowest BCUT2D eigenvalue weighted by Gasteiger charge is -2.16. The summed E-state index contributed by atoms with van der Waals surface area (Å²) in [6.07, 6.45) is 1.39. The monoisotopic (exact) mass is 199 g/mol. The quantitative estimate of drug-likeness (QED) is 0.632. The van der Waals surface area contributed by atoms with Crippen LogP contribution in [-0.4, -0.2) is 31.6 Å². The average Bonchev–Trinajstić information content (AvgIpc) is 2.26. The first-order chi connectivity index (χ1) is 6.29. The van der Waals surface area contributed by atoms with E-state index in [1.54, 1.807) is 13.8 Å². The van der Waals surface area contributed by atoms with Crippen molar-refractivity contribution in [1.29, 1.82) is 0 Å². The fourth-order valence-electron chi connectivity index (χ4n) is 1.08. The fourth-order valence-corrected chi connectivity index (χ4v) is 1.08. The molecule has 0 spiro atoms. The van der Waals surface area contributed by atoms with Gasteiger partial charge in [0.1, 0.15) is 0 Å².